The van der Waals surface area contributed by atoms with Crippen molar-refractivity contribution < 1.29 is 28.7 Å². The van der Waals surface area contributed by atoms with Gasteiger partial charge in [0.15, 0.2) is 5.82 Å². The topological polar surface area (TPSA) is 158 Å². The molecule has 12 nitrogen and oxygen atoms in total. The monoisotopic (exact) mass is 590 g/mol. The molecule has 3 atom stereocenters. The van der Waals surface area contributed by atoms with Gasteiger partial charge in [-0.2, -0.15) is 0 Å². The van der Waals surface area contributed by atoms with Gasteiger partial charge in [-0.15, -0.1) is 0 Å². The molecule has 43 heavy (non-hydrogen) atoms. The number of nitrogens with zero attached hydrogens (tertiary/aromatic N) is 3. The van der Waals surface area contributed by atoms with Crippen LogP contribution in [0, 0.1) is 0 Å². The van der Waals surface area contributed by atoms with E-state index in [1.807, 2.05) is 60.7 Å². The summed E-state index contributed by atoms with van der Waals surface area (Å²) in [6, 6.07) is 16.0. The van der Waals surface area contributed by atoms with Crippen molar-refractivity contribution in [3.63, 3.8) is 0 Å². The second-order valence-corrected chi connectivity index (χ2v) is 11.0. The third-order valence-corrected chi connectivity index (χ3v) is 7.11. The molecule has 3 aromatic rings. The summed E-state index contributed by atoms with van der Waals surface area (Å²) in [6.45, 7) is 3.62. The summed E-state index contributed by atoms with van der Waals surface area (Å²) in [5.41, 5.74) is 6.32. The molecule has 2 unspecified atom stereocenters. The molecule has 2 aromatic carbocycles. The Morgan fingerprint density at radius 1 is 1.07 bits per heavy atom. The van der Waals surface area contributed by atoms with Crippen molar-refractivity contribution in [1.29, 1.82) is 0 Å². The first-order valence-electron chi connectivity index (χ1n) is 14.1. The molecule has 228 valence electrons. The number of hydrogen-bond acceptors (Lipinski definition) is 8. The summed E-state index contributed by atoms with van der Waals surface area (Å²) >= 11 is 0. The van der Waals surface area contributed by atoms with Crippen LogP contribution < -0.4 is 16.4 Å². The number of ether oxygens (including phenoxy) is 2. The number of imidazole rings is 1. The van der Waals surface area contributed by atoms with Crippen LogP contribution in [0.4, 0.5) is 5.82 Å². The Balaban J connectivity index is 1.53. The first-order valence-corrected chi connectivity index (χ1v) is 14.1. The Kier molecular flexibility index (Phi) is 10.3. The normalized spacial score (nSPS) is 16.3. The minimum Gasteiger partial charge on any atom is -0.467 e. The number of amides is 3. The molecular weight excluding hydrogens is 552 g/mol. The fourth-order valence-corrected chi connectivity index (χ4v) is 4.80. The molecule has 1 aliphatic heterocycles. The van der Waals surface area contributed by atoms with Crippen molar-refractivity contribution in [2.45, 2.75) is 57.0 Å². The number of nitrogens with two attached hydrogens (primary N) is 1. The van der Waals surface area contributed by atoms with Crippen LogP contribution in [0.25, 0.3) is 0 Å². The molecule has 12 heteroatoms. The highest BCUT2D eigenvalue weighted by molar-refractivity contribution is 5.98. The molecule has 0 spiro atoms. The van der Waals surface area contributed by atoms with Crippen molar-refractivity contribution in [3.05, 3.63) is 84.3 Å². The zero-order valence-corrected chi connectivity index (χ0v) is 24.6. The van der Waals surface area contributed by atoms with Crippen molar-refractivity contribution in [1.82, 2.24) is 19.8 Å². The van der Waals surface area contributed by atoms with Gasteiger partial charge in [-0.1, -0.05) is 60.7 Å². The number of carbonyl (C=O) groups is 4. The second kappa shape index (κ2) is 14.1. The van der Waals surface area contributed by atoms with Crippen LogP contribution in [0.3, 0.4) is 0 Å². The first-order chi connectivity index (χ1) is 20.6. The van der Waals surface area contributed by atoms with Crippen molar-refractivity contribution in [2.24, 2.45) is 5.73 Å². The summed E-state index contributed by atoms with van der Waals surface area (Å²) in [7, 11) is 1.31. The van der Waals surface area contributed by atoms with E-state index in [2.05, 4.69) is 15.6 Å². The Morgan fingerprint density at radius 2 is 1.74 bits per heavy atom. The highest BCUT2D eigenvalue weighted by atomic mass is 16.5. The Hall–Kier alpha value is -4.55. The highest BCUT2D eigenvalue weighted by Crippen LogP contribution is 2.28. The molecular formula is C31H38N6O6. The third kappa shape index (κ3) is 8.05. The number of aromatic nitrogens is 2. The quantitative estimate of drug-likeness (QED) is 0.270. The van der Waals surface area contributed by atoms with Gasteiger partial charge in [0, 0.05) is 12.7 Å². The molecule has 1 aliphatic rings. The van der Waals surface area contributed by atoms with Gasteiger partial charge in [0.2, 0.25) is 5.91 Å². The molecule has 4 rings (SSSR count). The van der Waals surface area contributed by atoms with E-state index < -0.39 is 41.4 Å². The van der Waals surface area contributed by atoms with E-state index in [1.165, 1.54) is 38.4 Å². The molecule has 4 N–H and O–H groups in total. The summed E-state index contributed by atoms with van der Waals surface area (Å²) in [6.07, 6.45) is 4.17. The maximum absolute atomic E-state index is 13.9. The SMILES string of the molecule is COC(=O)[C@H]1CCCN1C(=O)C(c1ccccc1)n1cnc(NC(=O)C(COCc2ccccc2)NC(=O)C(C)(C)N)c1. The van der Waals surface area contributed by atoms with Crippen LogP contribution in [0.5, 0.6) is 0 Å². The lowest BCUT2D eigenvalue weighted by Gasteiger charge is -2.28. The third-order valence-electron chi connectivity index (χ3n) is 7.11. The van der Waals surface area contributed by atoms with Gasteiger partial charge in [-0.25, -0.2) is 9.78 Å². The number of carbonyl (C=O) groups excluding carboxylic acids is 4. The summed E-state index contributed by atoms with van der Waals surface area (Å²) < 4.78 is 12.3. The number of rotatable bonds is 12. The molecule has 0 bridgehead atoms. The molecule has 3 amide bonds. The number of esters is 1. The summed E-state index contributed by atoms with van der Waals surface area (Å²) in [5, 5.41) is 5.37. The smallest absolute Gasteiger partial charge is 0.328 e. The molecule has 0 radical (unpaired) electrons. The zero-order valence-electron chi connectivity index (χ0n) is 24.6. The number of methoxy groups -OCH3 is 1. The first kappa shape index (κ1) is 31.4. The molecule has 0 saturated carbocycles. The van der Waals surface area contributed by atoms with Gasteiger partial charge in [-0.3, -0.25) is 14.4 Å². The van der Waals surface area contributed by atoms with Crippen molar-refractivity contribution in [2.75, 3.05) is 25.6 Å². The summed E-state index contributed by atoms with van der Waals surface area (Å²) in [5.74, 6) is -1.68. The standard InChI is InChI=1S/C31H38N6O6/c1-31(2,32)30(41)34-23(19-43-18-21-11-6-4-7-12-21)27(38)35-25-17-36(20-33-25)26(22-13-8-5-9-14-22)28(39)37-16-10-15-24(37)29(40)42-3/h4-9,11-14,17,20,23-24,26H,10,15-16,18-19,32H2,1-3H3,(H,34,41)(H,35,38)/t23?,24-,26?/m1/s1. The van der Waals surface area contributed by atoms with Crippen LogP contribution in [-0.4, -0.2) is 76.0 Å². The van der Waals surface area contributed by atoms with Crippen molar-refractivity contribution in [3.8, 4) is 0 Å². The molecule has 1 aromatic heterocycles. The van der Waals surface area contributed by atoms with Crippen LogP contribution in [0.15, 0.2) is 73.2 Å². The van der Waals surface area contributed by atoms with E-state index in [0.29, 0.717) is 24.9 Å². The summed E-state index contributed by atoms with van der Waals surface area (Å²) in [4.78, 5) is 58.1. The number of anilines is 1. The largest absolute Gasteiger partial charge is 0.467 e. The molecule has 2 heterocycles. The van der Waals surface area contributed by atoms with Crippen LogP contribution >= 0.6 is 0 Å². The average molecular weight is 591 g/mol. The lowest BCUT2D eigenvalue weighted by molar-refractivity contribution is -0.151. The predicted molar refractivity (Wildman–Crippen MR) is 158 cm³/mol. The zero-order chi connectivity index (χ0) is 31.0. The maximum Gasteiger partial charge on any atom is 0.328 e. The number of benzene rings is 2. The minimum atomic E-state index is -1.22. The number of hydrogen-bond donors (Lipinski definition) is 3. The van der Waals surface area contributed by atoms with Gasteiger partial charge < -0.3 is 35.3 Å². The van der Waals surface area contributed by atoms with Gasteiger partial charge in [0.05, 0.1) is 32.2 Å². The van der Waals surface area contributed by atoms with E-state index in [-0.39, 0.29) is 24.9 Å². The van der Waals surface area contributed by atoms with E-state index >= 15 is 0 Å². The Bertz CT molecular complexity index is 1400. The Morgan fingerprint density at radius 3 is 2.40 bits per heavy atom. The average Bonchev–Trinajstić information content (AvgIpc) is 3.67. The van der Waals surface area contributed by atoms with Crippen molar-refractivity contribution >= 4 is 29.5 Å². The molecule has 1 fully saturated rings. The van der Waals surface area contributed by atoms with E-state index in [4.69, 9.17) is 15.2 Å². The minimum absolute atomic E-state index is 0.113. The van der Waals surface area contributed by atoms with Gasteiger partial charge in [0.25, 0.3) is 11.8 Å². The highest BCUT2D eigenvalue weighted by Gasteiger charge is 2.39. The second-order valence-electron chi connectivity index (χ2n) is 11.0. The molecule has 1 saturated heterocycles. The lowest BCUT2D eigenvalue weighted by Crippen LogP contribution is -2.56. The van der Waals surface area contributed by atoms with Crippen LogP contribution in [-0.2, 0) is 35.3 Å². The van der Waals surface area contributed by atoms with Gasteiger partial charge in [0.1, 0.15) is 18.1 Å². The van der Waals surface area contributed by atoms with E-state index in [0.717, 1.165) is 5.56 Å². The number of likely N-dealkylation sites (tertiary alicyclic amines) is 1. The Labute approximate surface area is 250 Å². The fraction of sp³-hybridized carbons (Fsp3) is 0.387. The van der Waals surface area contributed by atoms with E-state index in [1.54, 1.807) is 4.57 Å². The van der Waals surface area contributed by atoms with Crippen LogP contribution in [0.1, 0.15) is 43.9 Å². The molecule has 0 aliphatic carbocycles. The fourth-order valence-electron chi connectivity index (χ4n) is 4.80. The van der Waals surface area contributed by atoms with Gasteiger partial charge in [-0.05, 0) is 37.8 Å². The maximum atomic E-state index is 13.9. The van der Waals surface area contributed by atoms with E-state index in [9.17, 15) is 19.2 Å². The lowest BCUT2D eigenvalue weighted by atomic mass is 10.0. The number of nitrogens with one attached hydrogen (secondary N) is 2. The van der Waals surface area contributed by atoms with Gasteiger partial charge >= 0.3 is 5.97 Å². The van der Waals surface area contributed by atoms with Crippen LogP contribution in [0.2, 0.25) is 0 Å². The predicted octanol–water partition coefficient (Wildman–Crippen LogP) is 2.01.